The van der Waals surface area contributed by atoms with Crippen molar-refractivity contribution in [2.75, 3.05) is 13.2 Å². The van der Waals surface area contributed by atoms with Gasteiger partial charge in [-0.15, -0.1) is 0 Å². The minimum absolute atomic E-state index is 0.122. The summed E-state index contributed by atoms with van der Waals surface area (Å²) in [5.41, 5.74) is 5.87. The van der Waals surface area contributed by atoms with Crippen LogP contribution in [0.15, 0.2) is 24.3 Å². The van der Waals surface area contributed by atoms with Crippen LogP contribution in [0.3, 0.4) is 0 Å². The fourth-order valence-electron chi connectivity index (χ4n) is 1.25. The Kier molecular flexibility index (Phi) is 5.00. The molecule has 1 amide bonds. The first-order valence-electron chi connectivity index (χ1n) is 5.27. The third kappa shape index (κ3) is 5.01. The zero-order valence-corrected chi connectivity index (χ0v) is 9.64. The van der Waals surface area contributed by atoms with Gasteiger partial charge in [-0.05, 0) is 24.6 Å². The van der Waals surface area contributed by atoms with Crippen molar-refractivity contribution in [3.8, 4) is 5.75 Å². The van der Waals surface area contributed by atoms with E-state index in [-0.39, 0.29) is 18.9 Å². The summed E-state index contributed by atoms with van der Waals surface area (Å²) in [5, 5.41) is 0. The molecule has 0 saturated heterocycles. The highest BCUT2D eigenvalue weighted by Gasteiger charge is 2.03. The van der Waals surface area contributed by atoms with Crippen LogP contribution in [-0.4, -0.2) is 25.1 Å². The molecule has 17 heavy (non-hydrogen) atoms. The van der Waals surface area contributed by atoms with Crippen LogP contribution in [0, 0.1) is 0 Å². The third-order valence-corrected chi connectivity index (χ3v) is 1.96. The highest BCUT2D eigenvalue weighted by Crippen LogP contribution is 2.12. The molecule has 1 aromatic rings. The van der Waals surface area contributed by atoms with Gasteiger partial charge in [0.2, 0.25) is 5.91 Å². The van der Waals surface area contributed by atoms with E-state index in [0.717, 1.165) is 5.56 Å². The highest BCUT2D eigenvalue weighted by molar-refractivity contribution is 5.76. The van der Waals surface area contributed by atoms with Crippen molar-refractivity contribution in [1.82, 2.24) is 0 Å². The van der Waals surface area contributed by atoms with Gasteiger partial charge in [0.05, 0.1) is 13.0 Å². The number of esters is 1. The first kappa shape index (κ1) is 13.0. The molecule has 0 heterocycles. The first-order chi connectivity index (χ1) is 8.11. The second-order valence-corrected chi connectivity index (χ2v) is 3.38. The monoisotopic (exact) mass is 237 g/mol. The van der Waals surface area contributed by atoms with Gasteiger partial charge in [-0.2, -0.15) is 0 Å². The molecule has 0 fully saturated rings. The Labute approximate surface area is 99.5 Å². The smallest absolute Gasteiger partial charge is 0.344 e. The number of primary amides is 1. The molecule has 0 aliphatic carbocycles. The molecule has 5 heteroatoms. The number of carbonyl (C=O) groups excluding carboxylic acids is 2. The van der Waals surface area contributed by atoms with E-state index >= 15 is 0 Å². The lowest BCUT2D eigenvalue weighted by Crippen LogP contribution is -2.15. The number of benzene rings is 1. The number of carbonyl (C=O) groups is 2. The van der Waals surface area contributed by atoms with Crippen LogP contribution < -0.4 is 10.5 Å². The summed E-state index contributed by atoms with van der Waals surface area (Å²) in [6.45, 7) is 1.94. The summed E-state index contributed by atoms with van der Waals surface area (Å²) in [4.78, 5) is 21.7. The van der Waals surface area contributed by atoms with E-state index in [2.05, 4.69) is 0 Å². The molecule has 5 nitrogen and oxygen atoms in total. The molecule has 0 aliphatic heterocycles. The average Bonchev–Trinajstić information content (AvgIpc) is 2.28. The summed E-state index contributed by atoms with van der Waals surface area (Å²) in [7, 11) is 0. The molecule has 0 bridgehead atoms. The lowest BCUT2D eigenvalue weighted by Gasteiger charge is -2.06. The Morgan fingerprint density at radius 2 is 1.88 bits per heavy atom. The second kappa shape index (κ2) is 6.52. The van der Waals surface area contributed by atoms with Gasteiger partial charge in [-0.3, -0.25) is 4.79 Å². The number of hydrogen-bond acceptors (Lipinski definition) is 4. The van der Waals surface area contributed by atoms with Crippen molar-refractivity contribution in [3.05, 3.63) is 29.8 Å². The zero-order valence-electron chi connectivity index (χ0n) is 9.64. The van der Waals surface area contributed by atoms with Gasteiger partial charge >= 0.3 is 5.97 Å². The molecule has 0 aliphatic rings. The Balaban J connectivity index is 2.45. The van der Waals surface area contributed by atoms with Crippen molar-refractivity contribution >= 4 is 11.9 Å². The average molecular weight is 237 g/mol. The molecule has 92 valence electrons. The van der Waals surface area contributed by atoms with Gasteiger partial charge < -0.3 is 15.2 Å². The number of hydrogen-bond donors (Lipinski definition) is 1. The predicted molar refractivity (Wildman–Crippen MR) is 61.5 cm³/mol. The molecule has 1 rings (SSSR count). The third-order valence-electron chi connectivity index (χ3n) is 1.96. The van der Waals surface area contributed by atoms with Crippen LogP contribution in [0.2, 0.25) is 0 Å². The van der Waals surface area contributed by atoms with Gasteiger partial charge in [0, 0.05) is 0 Å². The first-order valence-corrected chi connectivity index (χ1v) is 5.27. The number of nitrogens with two attached hydrogens (primary N) is 1. The largest absolute Gasteiger partial charge is 0.482 e. The summed E-state index contributed by atoms with van der Waals surface area (Å²) in [5.74, 6) is -0.245. The highest BCUT2D eigenvalue weighted by atomic mass is 16.6. The van der Waals surface area contributed by atoms with Crippen molar-refractivity contribution in [3.63, 3.8) is 0 Å². The van der Waals surface area contributed by atoms with Crippen LogP contribution in [0.5, 0.6) is 5.75 Å². The molecule has 2 N–H and O–H groups in total. The predicted octanol–water partition coefficient (Wildman–Crippen LogP) is 0.656. The molecular formula is C12H15NO4. The Morgan fingerprint density at radius 1 is 1.24 bits per heavy atom. The molecule has 1 aromatic carbocycles. The second-order valence-electron chi connectivity index (χ2n) is 3.38. The van der Waals surface area contributed by atoms with Gasteiger partial charge in [-0.1, -0.05) is 12.1 Å². The molecule has 0 unspecified atom stereocenters. The van der Waals surface area contributed by atoms with E-state index in [9.17, 15) is 9.59 Å². The van der Waals surface area contributed by atoms with Crippen molar-refractivity contribution in [2.24, 2.45) is 5.73 Å². The van der Waals surface area contributed by atoms with Gasteiger partial charge in [0.15, 0.2) is 6.61 Å². The van der Waals surface area contributed by atoms with E-state index in [0.29, 0.717) is 12.4 Å². The normalized spacial score (nSPS) is 9.71. The minimum atomic E-state index is -0.409. The topological polar surface area (TPSA) is 78.6 Å². The summed E-state index contributed by atoms with van der Waals surface area (Å²) < 4.78 is 9.90. The molecule has 0 saturated carbocycles. The molecule has 0 aromatic heterocycles. The number of ether oxygens (including phenoxy) is 2. The minimum Gasteiger partial charge on any atom is -0.482 e. The maximum absolute atomic E-state index is 11.0. The van der Waals surface area contributed by atoms with Crippen LogP contribution >= 0.6 is 0 Å². The fraction of sp³-hybridized carbons (Fsp3) is 0.333. The SMILES string of the molecule is CCOC(=O)COc1ccc(CC(N)=O)cc1. The Hall–Kier alpha value is -2.04. The number of rotatable bonds is 6. The quantitative estimate of drug-likeness (QED) is 0.737. The van der Waals surface area contributed by atoms with Gasteiger partial charge in [0.1, 0.15) is 5.75 Å². The van der Waals surface area contributed by atoms with Crippen LogP contribution in [0.4, 0.5) is 0 Å². The summed E-state index contributed by atoms with van der Waals surface area (Å²) in [6.07, 6.45) is 0.193. The maximum atomic E-state index is 11.0. The van der Waals surface area contributed by atoms with E-state index in [1.165, 1.54) is 0 Å². The van der Waals surface area contributed by atoms with E-state index in [1.54, 1.807) is 31.2 Å². The van der Waals surface area contributed by atoms with Crippen molar-refractivity contribution in [1.29, 1.82) is 0 Å². The maximum Gasteiger partial charge on any atom is 0.344 e. The van der Waals surface area contributed by atoms with E-state index < -0.39 is 5.97 Å². The lowest BCUT2D eigenvalue weighted by atomic mass is 10.1. The van der Waals surface area contributed by atoms with Crippen LogP contribution in [0.1, 0.15) is 12.5 Å². The standard InChI is InChI=1S/C12H15NO4/c1-2-16-12(15)8-17-10-5-3-9(4-6-10)7-11(13)14/h3-6H,2,7-8H2,1H3,(H2,13,14). The zero-order chi connectivity index (χ0) is 12.7. The molecule has 0 radical (unpaired) electrons. The van der Waals surface area contributed by atoms with E-state index in [4.69, 9.17) is 15.2 Å². The Morgan fingerprint density at radius 3 is 2.41 bits per heavy atom. The number of amides is 1. The van der Waals surface area contributed by atoms with Gasteiger partial charge in [0.25, 0.3) is 0 Å². The summed E-state index contributed by atoms with van der Waals surface area (Å²) >= 11 is 0. The molecule has 0 spiro atoms. The molecule has 0 atom stereocenters. The lowest BCUT2D eigenvalue weighted by molar-refractivity contribution is -0.145. The van der Waals surface area contributed by atoms with Crippen LogP contribution in [-0.2, 0) is 20.7 Å². The van der Waals surface area contributed by atoms with Crippen LogP contribution in [0.25, 0.3) is 0 Å². The molecular weight excluding hydrogens is 222 g/mol. The summed E-state index contributed by atoms with van der Waals surface area (Å²) in [6, 6.07) is 6.81. The van der Waals surface area contributed by atoms with Crippen molar-refractivity contribution < 1.29 is 19.1 Å². The van der Waals surface area contributed by atoms with Crippen molar-refractivity contribution in [2.45, 2.75) is 13.3 Å². The fourth-order valence-corrected chi connectivity index (χ4v) is 1.25. The van der Waals surface area contributed by atoms with Gasteiger partial charge in [-0.25, -0.2) is 4.79 Å². The van der Waals surface area contributed by atoms with E-state index in [1.807, 2.05) is 0 Å². The Bertz CT molecular complexity index is 386.